The lowest BCUT2D eigenvalue weighted by Gasteiger charge is -2.06. The zero-order valence-electron chi connectivity index (χ0n) is 7.88. The molecule has 0 aliphatic heterocycles. The van der Waals surface area contributed by atoms with Gasteiger partial charge in [-0.3, -0.25) is 9.59 Å². The maximum atomic E-state index is 11.0. The second-order valence-electron chi connectivity index (χ2n) is 2.86. The van der Waals surface area contributed by atoms with Crippen LogP contribution in [0, 0.1) is 5.92 Å². The Balaban J connectivity index is 4.56. The minimum atomic E-state index is -0.736. The van der Waals surface area contributed by atoms with Gasteiger partial charge in [-0.25, -0.2) is 0 Å². The molecule has 0 aromatic carbocycles. The van der Waals surface area contributed by atoms with Gasteiger partial charge in [0, 0.05) is 0 Å². The molecule has 0 N–H and O–H groups in total. The molecular formula is C9H14O3. The molecule has 0 radical (unpaired) electrons. The summed E-state index contributed by atoms with van der Waals surface area (Å²) in [7, 11) is 1.27. The number of hydrogen-bond donors (Lipinski definition) is 0. The third-order valence-electron chi connectivity index (χ3n) is 1.39. The molecule has 0 bridgehead atoms. The van der Waals surface area contributed by atoms with E-state index in [-0.39, 0.29) is 5.78 Å². The van der Waals surface area contributed by atoms with Gasteiger partial charge in [-0.1, -0.05) is 11.6 Å². The molecule has 0 fully saturated rings. The second-order valence-corrected chi connectivity index (χ2v) is 2.86. The van der Waals surface area contributed by atoms with Crippen molar-refractivity contribution in [3.63, 3.8) is 0 Å². The van der Waals surface area contributed by atoms with Gasteiger partial charge in [0.05, 0.1) is 7.11 Å². The number of rotatable bonds is 3. The normalized spacial score (nSPS) is 11.7. The fourth-order valence-electron chi connectivity index (χ4n) is 0.812. The van der Waals surface area contributed by atoms with E-state index in [4.69, 9.17) is 0 Å². The maximum absolute atomic E-state index is 11.0. The third-order valence-corrected chi connectivity index (χ3v) is 1.39. The summed E-state index contributed by atoms with van der Waals surface area (Å²) in [5.74, 6) is -1.42. The van der Waals surface area contributed by atoms with Crippen LogP contribution in [-0.4, -0.2) is 18.9 Å². The minimum absolute atomic E-state index is 0.192. The summed E-state index contributed by atoms with van der Waals surface area (Å²) in [4.78, 5) is 21.9. The van der Waals surface area contributed by atoms with E-state index in [1.54, 1.807) is 6.08 Å². The zero-order chi connectivity index (χ0) is 9.72. The quantitative estimate of drug-likeness (QED) is 0.364. The molecular weight excluding hydrogens is 156 g/mol. The zero-order valence-corrected chi connectivity index (χ0v) is 7.88. The lowest BCUT2D eigenvalue weighted by Crippen LogP contribution is -2.21. The molecule has 0 heterocycles. The van der Waals surface area contributed by atoms with Crippen LogP contribution in [0.1, 0.15) is 20.8 Å². The summed E-state index contributed by atoms with van der Waals surface area (Å²) in [6, 6.07) is 0. The van der Waals surface area contributed by atoms with Crippen LogP contribution in [0.25, 0.3) is 0 Å². The van der Waals surface area contributed by atoms with Gasteiger partial charge in [0.2, 0.25) is 0 Å². The van der Waals surface area contributed by atoms with Crippen molar-refractivity contribution < 1.29 is 14.3 Å². The number of ether oxygens (including phenoxy) is 1. The Morgan fingerprint density at radius 3 is 2.00 bits per heavy atom. The summed E-state index contributed by atoms with van der Waals surface area (Å²) in [5.41, 5.74) is 0.931. The van der Waals surface area contributed by atoms with Gasteiger partial charge in [-0.2, -0.15) is 0 Å². The largest absolute Gasteiger partial charge is 0.468 e. The second kappa shape index (κ2) is 4.70. The van der Waals surface area contributed by atoms with E-state index in [9.17, 15) is 9.59 Å². The minimum Gasteiger partial charge on any atom is -0.468 e. The molecule has 1 atom stereocenters. The smallest absolute Gasteiger partial charge is 0.320 e. The summed E-state index contributed by atoms with van der Waals surface area (Å²) in [5, 5.41) is 0. The van der Waals surface area contributed by atoms with Crippen LogP contribution in [0.4, 0.5) is 0 Å². The molecule has 0 saturated heterocycles. The third kappa shape index (κ3) is 3.32. The first kappa shape index (κ1) is 10.9. The molecule has 3 heteroatoms. The van der Waals surface area contributed by atoms with E-state index < -0.39 is 11.9 Å². The molecule has 68 valence electrons. The van der Waals surface area contributed by atoms with E-state index in [2.05, 4.69) is 4.74 Å². The van der Waals surface area contributed by atoms with Crippen LogP contribution in [0.15, 0.2) is 11.6 Å². The predicted molar refractivity (Wildman–Crippen MR) is 45.6 cm³/mol. The molecule has 1 unspecified atom stereocenters. The average molecular weight is 170 g/mol. The van der Waals surface area contributed by atoms with Gasteiger partial charge in [-0.05, 0) is 20.8 Å². The van der Waals surface area contributed by atoms with E-state index in [0.717, 1.165) is 5.57 Å². The van der Waals surface area contributed by atoms with Crippen LogP contribution in [0.2, 0.25) is 0 Å². The van der Waals surface area contributed by atoms with E-state index in [1.165, 1.54) is 14.0 Å². The van der Waals surface area contributed by atoms with E-state index >= 15 is 0 Å². The van der Waals surface area contributed by atoms with Gasteiger partial charge in [0.15, 0.2) is 0 Å². The fourth-order valence-corrected chi connectivity index (χ4v) is 0.812. The van der Waals surface area contributed by atoms with E-state index in [1.807, 2.05) is 13.8 Å². The highest BCUT2D eigenvalue weighted by atomic mass is 16.5. The van der Waals surface area contributed by atoms with Crippen molar-refractivity contribution >= 4 is 11.8 Å². The highest BCUT2D eigenvalue weighted by Gasteiger charge is 2.20. The number of esters is 1. The van der Waals surface area contributed by atoms with Crippen molar-refractivity contribution in [1.29, 1.82) is 0 Å². The summed E-state index contributed by atoms with van der Waals surface area (Å²) < 4.78 is 4.47. The van der Waals surface area contributed by atoms with Crippen molar-refractivity contribution in [1.82, 2.24) is 0 Å². The van der Waals surface area contributed by atoms with Crippen LogP contribution in [0.5, 0.6) is 0 Å². The molecule has 0 aromatic heterocycles. The Hall–Kier alpha value is -1.12. The van der Waals surface area contributed by atoms with Gasteiger partial charge >= 0.3 is 5.97 Å². The molecule has 0 rings (SSSR count). The van der Waals surface area contributed by atoms with Crippen LogP contribution >= 0.6 is 0 Å². The molecule has 0 aliphatic carbocycles. The van der Waals surface area contributed by atoms with Crippen molar-refractivity contribution in [2.24, 2.45) is 5.92 Å². The first-order chi connectivity index (χ1) is 5.49. The van der Waals surface area contributed by atoms with Crippen molar-refractivity contribution in [3.05, 3.63) is 11.6 Å². The number of Topliss-reactive ketones (excluding diaryl/α,β-unsaturated/α-hetero) is 1. The summed E-state index contributed by atoms with van der Waals surface area (Å²) in [6.45, 7) is 5.04. The van der Waals surface area contributed by atoms with Crippen LogP contribution in [-0.2, 0) is 14.3 Å². The molecule has 12 heavy (non-hydrogen) atoms. The van der Waals surface area contributed by atoms with E-state index in [0.29, 0.717) is 0 Å². The predicted octanol–water partition coefficient (Wildman–Crippen LogP) is 1.33. The summed E-state index contributed by atoms with van der Waals surface area (Å²) in [6.07, 6.45) is 1.61. The fraction of sp³-hybridized carbons (Fsp3) is 0.556. The molecule has 0 aromatic rings. The molecule has 3 nitrogen and oxygen atoms in total. The number of carbonyl (C=O) groups excluding carboxylic acids is 2. The topological polar surface area (TPSA) is 43.4 Å². The Morgan fingerprint density at radius 1 is 1.25 bits per heavy atom. The molecule has 0 spiro atoms. The maximum Gasteiger partial charge on any atom is 0.320 e. The molecule has 0 saturated carbocycles. The van der Waals surface area contributed by atoms with Gasteiger partial charge < -0.3 is 4.74 Å². The standard InChI is InChI=1S/C9H14O3/c1-6(2)5-8(7(3)10)9(11)12-4/h5,8H,1-4H3. The van der Waals surface area contributed by atoms with Crippen molar-refractivity contribution in [2.75, 3.05) is 7.11 Å². The molecule has 0 amide bonds. The van der Waals surface area contributed by atoms with Gasteiger partial charge in [0.25, 0.3) is 0 Å². The summed E-state index contributed by atoms with van der Waals surface area (Å²) >= 11 is 0. The lowest BCUT2D eigenvalue weighted by atomic mass is 10.0. The number of methoxy groups -OCH3 is 1. The van der Waals surface area contributed by atoms with Crippen LogP contribution in [0.3, 0.4) is 0 Å². The average Bonchev–Trinajstić information content (AvgIpc) is 1.98. The first-order valence-corrected chi connectivity index (χ1v) is 3.72. The Bertz CT molecular complexity index is 212. The van der Waals surface area contributed by atoms with Crippen LogP contribution < -0.4 is 0 Å². The number of carbonyl (C=O) groups is 2. The monoisotopic (exact) mass is 170 g/mol. The first-order valence-electron chi connectivity index (χ1n) is 3.72. The lowest BCUT2D eigenvalue weighted by molar-refractivity contribution is -0.146. The SMILES string of the molecule is COC(=O)C(C=C(C)C)C(C)=O. The number of hydrogen-bond acceptors (Lipinski definition) is 3. The molecule has 0 aliphatic rings. The van der Waals surface area contributed by atoms with Crippen molar-refractivity contribution in [2.45, 2.75) is 20.8 Å². The van der Waals surface area contributed by atoms with Gasteiger partial charge in [0.1, 0.15) is 11.7 Å². The highest BCUT2D eigenvalue weighted by molar-refractivity contribution is 5.99. The number of ketones is 1. The Morgan fingerprint density at radius 2 is 1.75 bits per heavy atom. The highest BCUT2D eigenvalue weighted by Crippen LogP contribution is 2.06. The van der Waals surface area contributed by atoms with Gasteiger partial charge in [-0.15, -0.1) is 0 Å². The number of allylic oxidation sites excluding steroid dienone is 1. The Labute approximate surface area is 72.4 Å². The Kier molecular flexibility index (Phi) is 4.26. The van der Waals surface area contributed by atoms with Crippen molar-refractivity contribution in [3.8, 4) is 0 Å².